The number of anilines is 3. The van der Waals surface area contributed by atoms with E-state index in [0.717, 1.165) is 18.7 Å². The number of nitrogens with one attached hydrogen (secondary N) is 1. The first-order chi connectivity index (χ1) is 13.2. The van der Waals surface area contributed by atoms with Crippen molar-refractivity contribution in [2.45, 2.75) is 6.42 Å². The molecule has 0 unspecified atom stereocenters. The topological polar surface area (TPSA) is 67.3 Å². The Morgan fingerprint density at radius 2 is 2.04 bits per heavy atom. The van der Waals surface area contributed by atoms with Crippen molar-refractivity contribution in [3.8, 4) is 5.75 Å². The standard InChI is InChI=1S/C20H17ClN4O2/c1-27-18-7-6-14(10-15(18)21)24-20(26)16-11-19(23-12-22-16)25-9-8-13-4-2-3-5-17(13)25/h2-7,10-12H,8-9H2,1H3,(H,24,26). The van der Waals surface area contributed by atoms with Gasteiger partial charge in [-0.25, -0.2) is 9.97 Å². The maximum absolute atomic E-state index is 12.6. The third kappa shape index (κ3) is 3.44. The van der Waals surface area contributed by atoms with Gasteiger partial charge in [0, 0.05) is 24.0 Å². The molecule has 1 aliphatic heterocycles. The fourth-order valence-corrected chi connectivity index (χ4v) is 3.39. The molecule has 0 saturated heterocycles. The number of benzene rings is 2. The molecule has 1 aliphatic rings. The van der Waals surface area contributed by atoms with Crippen LogP contribution in [0.2, 0.25) is 5.02 Å². The first kappa shape index (κ1) is 17.3. The van der Waals surface area contributed by atoms with Crippen LogP contribution in [0.15, 0.2) is 54.9 Å². The van der Waals surface area contributed by atoms with E-state index in [2.05, 4.69) is 32.3 Å². The number of methoxy groups -OCH3 is 1. The highest BCUT2D eigenvalue weighted by Crippen LogP contribution is 2.33. The normalized spacial score (nSPS) is 12.6. The van der Waals surface area contributed by atoms with Gasteiger partial charge in [0.25, 0.3) is 5.91 Å². The second kappa shape index (κ2) is 7.25. The van der Waals surface area contributed by atoms with Crippen LogP contribution in [0.25, 0.3) is 0 Å². The number of hydrogen-bond donors (Lipinski definition) is 1. The van der Waals surface area contributed by atoms with Crippen molar-refractivity contribution in [1.29, 1.82) is 0 Å². The number of fused-ring (bicyclic) bond motifs is 1. The fourth-order valence-electron chi connectivity index (χ4n) is 3.13. The summed E-state index contributed by atoms with van der Waals surface area (Å²) in [6.45, 7) is 0.825. The van der Waals surface area contributed by atoms with E-state index in [-0.39, 0.29) is 11.6 Å². The molecule has 0 spiro atoms. The summed E-state index contributed by atoms with van der Waals surface area (Å²) in [5.41, 5.74) is 3.24. The molecular formula is C20H17ClN4O2. The first-order valence-corrected chi connectivity index (χ1v) is 8.86. The number of halogens is 1. The van der Waals surface area contributed by atoms with Crippen LogP contribution in [0.5, 0.6) is 5.75 Å². The van der Waals surface area contributed by atoms with Gasteiger partial charge in [-0.3, -0.25) is 4.79 Å². The number of carbonyl (C=O) groups excluding carboxylic acids is 1. The van der Waals surface area contributed by atoms with E-state index < -0.39 is 0 Å². The largest absolute Gasteiger partial charge is 0.495 e. The lowest BCUT2D eigenvalue weighted by Gasteiger charge is -2.18. The van der Waals surface area contributed by atoms with Crippen molar-refractivity contribution in [3.05, 3.63) is 71.1 Å². The van der Waals surface area contributed by atoms with E-state index >= 15 is 0 Å². The van der Waals surface area contributed by atoms with Gasteiger partial charge in [-0.2, -0.15) is 0 Å². The molecule has 0 aliphatic carbocycles. The third-order valence-electron chi connectivity index (χ3n) is 4.46. The summed E-state index contributed by atoms with van der Waals surface area (Å²) in [4.78, 5) is 23.1. The van der Waals surface area contributed by atoms with Crippen LogP contribution in [0, 0.1) is 0 Å². The van der Waals surface area contributed by atoms with Gasteiger partial charge in [-0.05, 0) is 36.2 Å². The van der Waals surface area contributed by atoms with Crippen LogP contribution in [-0.2, 0) is 6.42 Å². The average molecular weight is 381 g/mol. The summed E-state index contributed by atoms with van der Waals surface area (Å²) in [6.07, 6.45) is 2.36. The van der Waals surface area contributed by atoms with Gasteiger partial charge < -0.3 is 15.0 Å². The number of rotatable bonds is 4. The number of para-hydroxylation sites is 1. The highest BCUT2D eigenvalue weighted by atomic mass is 35.5. The number of nitrogens with zero attached hydrogens (tertiary/aromatic N) is 3. The molecular weight excluding hydrogens is 364 g/mol. The second-order valence-corrected chi connectivity index (χ2v) is 6.50. The summed E-state index contributed by atoms with van der Waals surface area (Å²) in [5, 5.41) is 3.22. The van der Waals surface area contributed by atoms with Crippen molar-refractivity contribution >= 4 is 34.7 Å². The molecule has 0 saturated carbocycles. The highest BCUT2D eigenvalue weighted by molar-refractivity contribution is 6.32. The van der Waals surface area contributed by atoms with Crippen molar-refractivity contribution in [3.63, 3.8) is 0 Å². The van der Waals surface area contributed by atoms with Gasteiger partial charge in [0.2, 0.25) is 0 Å². The van der Waals surface area contributed by atoms with E-state index in [1.54, 1.807) is 31.4 Å². The van der Waals surface area contributed by atoms with Crippen molar-refractivity contribution in [2.24, 2.45) is 0 Å². The van der Waals surface area contributed by atoms with E-state index in [4.69, 9.17) is 16.3 Å². The molecule has 2 heterocycles. The maximum Gasteiger partial charge on any atom is 0.274 e. The molecule has 0 atom stereocenters. The Hall–Kier alpha value is -3.12. The van der Waals surface area contributed by atoms with Crippen LogP contribution < -0.4 is 15.0 Å². The second-order valence-electron chi connectivity index (χ2n) is 6.10. The van der Waals surface area contributed by atoms with E-state index in [0.29, 0.717) is 22.3 Å². The minimum Gasteiger partial charge on any atom is -0.495 e. The molecule has 1 amide bonds. The summed E-state index contributed by atoms with van der Waals surface area (Å²) in [5.74, 6) is 0.923. The van der Waals surface area contributed by atoms with E-state index in [1.165, 1.54) is 11.9 Å². The van der Waals surface area contributed by atoms with E-state index in [9.17, 15) is 4.79 Å². The van der Waals surface area contributed by atoms with Crippen LogP contribution in [0.4, 0.5) is 17.2 Å². The summed E-state index contributed by atoms with van der Waals surface area (Å²) in [6, 6.07) is 15.0. The van der Waals surface area contributed by atoms with Crippen LogP contribution in [0.1, 0.15) is 16.1 Å². The molecule has 3 aromatic rings. The highest BCUT2D eigenvalue weighted by Gasteiger charge is 2.22. The Balaban J connectivity index is 1.56. The molecule has 1 aromatic heterocycles. The Morgan fingerprint density at radius 1 is 1.19 bits per heavy atom. The number of amides is 1. The quantitative estimate of drug-likeness (QED) is 0.738. The fraction of sp³-hybridized carbons (Fsp3) is 0.150. The Labute approximate surface area is 161 Å². The summed E-state index contributed by atoms with van der Waals surface area (Å²) >= 11 is 6.11. The predicted molar refractivity (Wildman–Crippen MR) is 105 cm³/mol. The lowest BCUT2D eigenvalue weighted by molar-refractivity contribution is 0.102. The molecule has 0 fully saturated rings. The summed E-state index contributed by atoms with van der Waals surface area (Å²) < 4.78 is 5.12. The summed E-state index contributed by atoms with van der Waals surface area (Å²) in [7, 11) is 1.54. The van der Waals surface area contributed by atoms with Gasteiger partial charge >= 0.3 is 0 Å². The molecule has 0 radical (unpaired) electrons. The monoisotopic (exact) mass is 380 g/mol. The van der Waals surface area contributed by atoms with Gasteiger partial charge in [0.1, 0.15) is 23.6 Å². The lowest BCUT2D eigenvalue weighted by atomic mass is 10.2. The smallest absolute Gasteiger partial charge is 0.274 e. The number of carbonyl (C=O) groups is 1. The molecule has 2 aromatic carbocycles. The first-order valence-electron chi connectivity index (χ1n) is 8.48. The molecule has 7 heteroatoms. The average Bonchev–Trinajstić information content (AvgIpc) is 3.12. The Kier molecular flexibility index (Phi) is 4.64. The number of hydrogen-bond acceptors (Lipinski definition) is 5. The zero-order valence-electron chi connectivity index (χ0n) is 14.6. The van der Waals surface area contributed by atoms with Crippen LogP contribution in [0.3, 0.4) is 0 Å². The predicted octanol–water partition coefficient (Wildman–Crippen LogP) is 4.09. The van der Waals surface area contributed by atoms with Gasteiger partial charge in [0.05, 0.1) is 12.1 Å². The zero-order chi connectivity index (χ0) is 18.8. The third-order valence-corrected chi connectivity index (χ3v) is 4.75. The van der Waals surface area contributed by atoms with Crippen LogP contribution in [-0.4, -0.2) is 29.5 Å². The van der Waals surface area contributed by atoms with Crippen molar-refractivity contribution in [1.82, 2.24) is 9.97 Å². The molecule has 27 heavy (non-hydrogen) atoms. The Morgan fingerprint density at radius 3 is 2.85 bits per heavy atom. The molecule has 1 N–H and O–H groups in total. The maximum atomic E-state index is 12.6. The van der Waals surface area contributed by atoms with Gasteiger partial charge in [-0.15, -0.1) is 0 Å². The van der Waals surface area contributed by atoms with Crippen LogP contribution >= 0.6 is 11.6 Å². The lowest BCUT2D eigenvalue weighted by Crippen LogP contribution is -2.18. The SMILES string of the molecule is COc1ccc(NC(=O)c2cc(N3CCc4ccccc43)ncn2)cc1Cl. The van der Waals surface area contributed by atoms with Crippen molar-refractivity contribution < 1.29 is 9.53 Å². The minimum absolute atomic E-state index is 0.288. The van der Waals surface area contributed by atoms with Gasteiger partial charge in [-0.1, -0.05) is 29.8 Å². The zero-order valence-corrected chi connectivity index (χ0v) is 15.4. The molecule has 6 nitrogen and oxygen atoms in total. The number of ether oxygens (including phenoxy) is 1. The van der Waals surface area contributed by atoms with Gasteiger partial charge in [0.15, 0.2) is 0 Å². The van der Waals surface area contributed by atoms with Crippen molar-refractivity contribution in [2.75, 3.05) is 23.9 Å². The number of aromatic nitrogens is 2. The molecule has 0 bridgehead atoms. The molecule has 136 valence electrons. The Bertz CT molecular complexity index is 1010. The minimum atomic E-state index is -0.327. The molecule has 4 rings (SSSR count). The van der Waals surface area contributed by atoms with E-state index in [1.807, 2.05) is 12.1 Å².